The van der Waals surface area contributed by atoms with Crippen LogP contribution in [0.3, 0.4) is 0 Å². The quantitative estimate of drug-likeness (QED) is 0.637. The van der Waals surface area contributed by atoms with Crippen molar-refractivity contribution in [3.63, 3.8) is 0 Å². The van der Waals surface area contributed by atoms with Crippen molar-refractivity contribution in [3.8, 4) is 11.4 Å². The lowest BCUT2D eigenvalue weighted by atomic mass is 10.2. The zero-order valence-electron chi connectivity index (χ0n) is 15.6. The van der Waals surface area contributed by atoms with E-state index < -0.39 is 0 Å². The van der Waals surface area contributed by atoms with E-state index in [1.807, 2.05) is 4.57 Å². The lowest BCUT2D eigenvalue weighted by Crippen LogP contribution is -2.44. The molecule has 0 spiro atoms. The second-order valence-electron chi connectivity index (χ2n) is 7.12. The first kappa shape index (κ1) is 18.1. The van der Waals surface area contributed by atoms with E-state index in [-0.39, 0.29) is 6.04 Å². The van der Waals surface area contributed by atoms with Crippen molar-refractivity contribution in [3.05, 3.63) is 24.0 Å². The number of rotatable bonds is 4. The first-order valence-corrected chi connectivity index (χ1v) is 9.39. The molecule has 3 aromatic heterocycles. The van der Waals surface area contributed by atoms with Gasteiger partial charge in [-0.3, -0.25) is 4.57 Å². The number of fused-ring (bicyclic) bond motifs is 1. The van der Waals surface area contributed by atoms with Gasteiger partial charge in [0.25, 0.3) is 0 Å². The minimum Gasteiger partial charge on any atom is -0.377 e. The maximum Gasteiger partial charge on any atom is 0.205 e. The summed E-state index contributed by atoms with van der Waals surface area (Å²) in [7, 11) is 0. The Hall–Kier alpha value is -2.32. The van der Waals surface area contributed by atoms with Crippen LogP contribution in [0.15, 0.2) is 12.4 Å². The fourth-order valence-corrected chi connectivity index (χ4v) is 3.47. The summed E-state index contributed by atoms with van der Waals surface area (Å²) in [4.78, 5) is 24.3. The van der Waals surface area contributed by atoms with Crippen LogP contribution in [-0.4, -0.2) is 55.3 Å². The third-order valence-electron chi connectivity index (χ3n) is 4.50. The zero-order valence-corrected chi connectivity index (χ0v) is 16.3. The molecule has 27 heavy (non-hydrogen) atoms. The standard InChI is InChI=1S/C18H21ClN7O/c1-11(2)8-26-17-14(22-18(26)19)16(25-4-5-27-9-12(25)3)23-15(24-17)13-6-20-10-21-7-13/h6-7,11-12H,4-5,8-9H2,1-3H3/t12-/m0/s1. The van der Waals surface area contributed by atoms with Crippen molar-refractivity contribution in [1.82, 2.24) is 29.5 Å². The van der Waals surface area contributed by atoms with Gasteiger partial charge in [0.2, 0.25) is 5.28 Å². The van der Waals surface area contributed by atoms with Crippen LogP contribution < -0.4 is 4.90 Å². The average Bonchev–Trinajstić information content (AvgIpc) is 2.97. The van der Waals surface area contributed by atoms with Gasteiger partial charge < -0.3 is 9.64 Å². The summed E-state index contributed by atoms with van der Waals surface area (Å²) >= 11 is 6.47. The summed E-state index contributed by atoms with van der Waals surface area (Å²) in [5.41, 5.74) is 2.16. The van der Waals surface area contributed by atoms with Crippen LogP contribution in [0, 0.1) is 12.2 Å². The molecule has 141 valence electrons. The Labute approximate surface area is 162 Å². The predicted octanol–water partition coefficient (Wildman–Crippen LogP) is 2.62. The molecule has 1 fully saturated rings. The van der Waals surface area contributed by atoms with Gasteiger partial charge in [-0.15, -0.1) is 0 Å². The van der Waals surface area contributed by atoms with Gasteiger partial charge >= 0.3 is 0 Å². The van der Waals surface area contributed by atoms with Gasteiger partial charge in [0, 0.05) is 25.5 Å². The second kappa shape index (κ2) is 7.36. The lowest BCUT2D eigenvalue weighted by molar-refractivity contribution is 0.0987. The average molecular weight is 387 g/mol. The van der Waals surface area contributed by atoms with Crippen LogP contribution in [-0.2, 0) is 11.3 Å². The van der Waals surface area contributed by atoms with Crippen LogP contribution in [0.25, 0.3) is 22.6 Å². The van der Waals surface area contributed by atoms with Gasteiger partial charge in [-0.1, -0.05) is 13.8 Å². The summed E-state index contributed by atoms with van der Waals surface area (Å²) < 4.78 is 7.52. The fraction of sp³-hybridized carbons (Fsp3) is 0.500. The summed E-state index contributed by atoms with van der Waals surface area (Å²) in [6.45, 7) is 9.13. The molecule has 1 aliphatic rings. The summed E-state index contributed by atoms with van der Waals surface area (Å²) in [5.74, 6) is 1.72. The number of ether oxygens (including phenoxy) is 1. The predicted molar refractivity (Wildman–Crippen MR) is 103 cm³/mol. The smallest absolute Gasteiger partial charge is 0.205 e. The van der Waals surface area contributed by atoms with E-state index >= 15 is 0 Å². The van der Waals surface area contributed by atoms with Gasteiger partial charge in [0.05, 0.1) is 24.8 Å². The molecular formula is C18H21ClN7O. The minimum absolute atomic E-state index is 0.180. The Morgan fingerprint density at radius 1 is 1.26 bits per heavy atom. The van der Waals surface area contributed by atoms with Gasteiger partial charge in [-0.2, -0.15) is 0 Å². The molecule has 4 heterocycles. The van der Waals surface area contributed by atoms with E-state index in [4.69, 9.17) is 26.3 Å². The number of halogens is 1. The van der Waals surface area contributed by atoms with Crippen molar-refractivity contribution in [1.29, 1.82) is 0 Å². The van der Waals surface area contributed by atoms with Crippen molar-refractivity contribution >= 4 is 28.6 Å². The molecular weight excluding hydrogens is 366 g/mol. The van der Waals surface area contributed by atoms with Gasteiger partial charge in [0.1, 0.15) is 0 Å². The molecule has 0 aromatic carbocycles. The molecule has 0 bridgehead atoms. The van der Waals surface area contributed by atoms with Crippen LogP contribution in [0.5, 0.6) is 0 Å². The minimum atomic E-state index is 0.180. The van der Waals surface area contributed by atoms with Crippen molar-refractivity contribution in [2.45, 2.75) is 33.4 Å². The highest BCUT2D eigenvalue weighted by Crippen LogP contribution is 2.31. The van der Waals surface area contributed by atoms with Crippen LogP contribution in [0.1, 0.15) is 20.8 Å². The number of hydrogen-bond donors (Lipinski definition) is 0. The highest BCUT2D eigenvalue weighted by molar-refractivity contribution is 6.29. The molecule has 0 aliphatic carbocycles. The lowest BCUT2D eigenvalue weighted by Gasteiger charge is -2.34. The summed E-state index contributed by atoms with van der Waals surface area (Å²) in [5, 5.41) is 0.421. The third-order valence-corrected chi connectivity index (χ3v) is 4.79. The number of aromatic nitrogens is 6. The molecule has 3 aromatic rings. The molecule has 1 atom stereocenters. The molecule has 4 rings (SSSR count). The molecule has 0 saturated carbocycles. The molecule has 8 nitrogen and oxygen atoms in total. The number of anilines is 1. The maximum atomic E-state index is 6.47. The number of morpholine rings is 1. The normalized spacial score (nSPS) is 17.8. The van der Waals surface area contributed by atoms with Gasteiger partial charge in [-0.25, -0.2) is 24.9 Å². The molecule has 0 amide bonds. The first-order valence-electron chi connectivity index (χ1n) is 9.01. The molecule has 1 aliphatic heterocycles. The van der Waals surface area contributed by atoms with E-state index in [1.165, 1.54) is 0 Å². The molecule has 9 heteroatoms. The third kappa shape index (κ3) is 3.46. The number of imidazole rings is 1. The van der Waals surface area contributed by atoms with E-state index in [0.717, 1.165) is 30.1 Å². The Balaban J connectivity index is 1.94. The Bertz CT molecular complexity index is 944. The fourth-order valence-electron chi connectivity index (χ4n) is 3.24. The van der Waals surface area contributed by atoms with Crippen LogP contribution in [0.2, 0.25) is 5.28 Å². The van der Waals surface area contributed by atoms with Crippen molar-refractivity contribution in [2.75, 3.05) is 24.7 Å². The molecule has 1 saturated heterocycles. The van der Waals surface area contributed by atoms with E-state index in [1.54, 1.807) is 12.4 Å². The molecule has 0 N–H and O–H groups in total. The van der Waals surface area contributed by atoms with Crippen molar-refractivity contribution in [2.24, 2.45) is 5.92 Å². The SMILES string of the molecule is CC(C)Cn1c(Cl)nc2c(N3CCOC[C@@H]3C)nc(-c3cn[c]nc3)nc21. The topological polar surface area (TPSA) is 81.9 Å². The second-order valence-corrected chi connectivity index (χ2v) is 7.46. The van der Waals surface area contributed by atoms with Gasteiger partial charge in [0.15, 0.2) is 29.1 Å². The Morgan fingerprint density at radius 2 is 2.04 bits per heavy atom. The van der Waals surface area contributed by atoms with E-state index in [0.29, 0.717) is 35.8 Å². The molecule has 1 radical (unpaired) electrons. The Morgan fingerprint density at radius 3 is 2.74 bits per heavy atom. The van der Waals surface area contributed by atoms with E-state index in [2.05, 4.69) is 47.0 Å². The van der Waals surface area contributed by atoms with Crippen LogP contribution in [0.4, 0.5) is 5.82 Å². The van der Waals surface area contributed by atoms with Gasteiger partial charge in [-0.05, 0) is 24.4 Å². The number of nitrogens with zero attached hydrogens (tertiary/aromatic N) is 7. The Kier molecular flexibility index (Phi) is 4.92. The highest BCUT2D eigenvalue weighted by atomic mass is 35.5. The molecule has 0 unspecified atom stereocenters. The maximum absolute atomic E-state index is 6.47. The summed E-state index contributed by atoms with van der Waals surface area (Å²) in [6, 6.07) is 0.180. The van der Waals surface area contributed by atoms with E-state index in [9.17, 15) is 0 Å². The van der Waals surface area contributed by atoms with Crippen molar-refractivity contribution < 1.29 is 4.74 Å². The largest absolute Gasteiger partial charge is 0.377 e. The first-order chi connectivity index (χ1) is 13.0. The summed E-state index contributed by atoms with van der Waals surface area (Å²) in [6.07, 6.45) is 5.86. The van der Waals surface area contributed by atoms with Crippen LogP contribution >= 0.6 is 11.6 Å². The number of hydrogen-bond acceptors (Lipinski definition) is 7. The monoisotopic (exact) mass is 386 g/mol. The highest BCUT2D eigenvalue weighted by Gasteiger charge is 2.26. The zero-order chi connectivity index (χ0) is 19.0.